The first-order chi connectivity index (χ1) is 28.2. The average Bonchev–Trinajstić information content (AvgIpc) is 3.29. The Morgan fingerprint density at radius 3 is 1.49 bits per heavy atom. The van der Waals surface area contributed by atoms with Crippen LogP contribution in [0.25, 0.3) is 100.0 Å². The summed E-state index contributed by atoms with van der Waals surface area (Å²) < 4.78 is 6.42. The summed E-state index contributed by atoms with van der Waals surface area (Å²) in [6.45, 7) is 0. The molecule has 3 heteroatoms. The highest BCUT2D eigenvalue weighted by atomic mass is 16.5. The zero-order valence-corrected chi connectivity index (χ0v) is 30.9. The molecular weight excluding hydrogens is 693 g/mol. The van der Waals surface area contributed by atoms with Gasteiger partial charge in [-0.1, -0.05) is 182 Å². The quantitative estimate of drug-likeness (QED) is 0.171. The lowest BCUT2D eigenvalue weighted by atomic mass is 9.89. The number of ether oxygens (including phenoxy) is 1. The van der Waals surface area contributed by atoms with E-state index in [4.69, 9.17) is 14.7 Å². The van der Waals surface area contributed by atoms with Crippen molar-refractivity contribution in [1.29, 1.82) is 0 Å². The lowest BCUT2D eigenvalue weighted by molar-refractivity contribution is 0.487. The van der Waals surface area contributed by atoms with Gasteiger partial charge in [0.25, 0.3) is 0 Å². The highest BCUT2D eigenvalue weighted by Gasteiger charge is 2.21. The Balaban J connectivity index is 0.957. The van der Waals surface area contributed by atoms with Gasteiger partial charge in [-0.15, -0.1) is 0 Å². The number of fused-ring (bicyclic) bond motifs is 3. The molecule has 0 atom stereocenters. The lowest BCUT2D eigenvalue weighted by Crippen LogP contribution is -1.97. The van der Waals surface area contributed by atoms with Crippen LogP contribution in [-0.4, -0.2) is 9.97 Å². The lowest BCUT2D eigenvalue weighted by Gasteiger charge is -2.22. The smallest absolute Gasteiger partial charge is 0.160 e. The number of aromatic nitrogens is 2. The molecule has 0 fully saturated rings. The van der Waals surface area contributed by atoms with Crippen molar-refractivity contribution in [2.75, 3.05) is 0 Å². The maximum absolute atomic E-state index is 6.42. The van der Waals surface area contributed by atoms with Gasteiger partial charge in [-0.3, -0.25) is 0 Å². The van der Waals surface area contributed by atoms with Crippen LogP contribution in [0, 0.1) is 0 Å². The first-order valence-electron chi connectivity index (χ1n) is 19.3. The van der Waals surface area contributed by atoms with E-state index in [-0.39, 0.29) is 0 Å². The summed E-state index contributed by atoms with van der Waals surface area (Å²) in [4.78, 5) is 10.2. The maximum Gasteiger partial charge on any atom is 0.160 e. The summed E-state index contributed by atoms with van der Waals surface area (Å²) in [5.74, 6) is 2.50. The van der Waals surface area contributed by atoms with Crippen LogP contribution in [0.3, 0.4) is 0 Å². The Kier molecular flexibility index (Phi) is 7.82. The summed E-state index contributed by atoms with van der Waals surface area (Å²) in [5.41, 5.74) is 14.2. The molecule has 0 saturated carbocycles. The van der Waals surface area contributed by atoms with Gasteiger partial charge in [-0.25, -0.2) is 9.97 Å². The molecule has 57 heavy (non-hydrogen) atoms. The highest BCUT2D eigenvalue weighted by molar-refractivity contribution is 6.07. The first kappa shape index (κ1) is 32.8. The van der Waals surface area contributed by atoms with Gasteiger partial charge >= 0.3 is 0 Å². The Hall–Kier alpha value is -7.62. The summed E-state index contributed by atoms with van der Waals surface area (Å²) in [6, 6.07) is 72.8. The van der Waals surface area contributed by atoms with Crippen molar-refractivity contribution in [3.63, 3.8) is 0 Å². The van der Waals surface area contributed by atoms with Crippen LogP contribution in [0.4, 0.5) is 0 Å². The third kappa shape index (κ3) is 5.85. The van der Waals surface area contributed by atoms with Crippen molar-refractivity contribution in [3.8, 4) is 89.9 Å². The van der Waals surface area contributed by atoms with Crippen molar-refractivity contribution < 1.29 is 4.74 Å². The standard InChI is InChI=1S/C54H34N2O/c1-3-11-35(12-4-1)36-21-25-38(26-22-36)49-34-50(56-54(55-49)41-13-5-2-6-14-41)39-27-23-37(24-28-39)43-30-31-44(46-18-8-7-17-45(43)46)42-29-32-51-48(33-42)47-19-9-15-40-16-10-20-52(57-51)53(40)47/h1-34H. The third-order valence-electron chi connectivity index (χ3n) is 11.1. The molecule has 266 valence electrons. The summed E-state index contributed by atoms with van der Waals surface area (Å²) in [5, 5.41) is 4.77. The highest BCUT2D eigenvalue weighted by Crippen LogP contribution is 2.48. The Labute approximate surface area is 331 Å². The van der Waals surface area contributed by atoms with Crippen LogP contribution in [0.1, 0.15) is 0 Å². The monoisotopic (exact) mass is 726 g/mol. The second-order valence-corrected chi connectivity index (χ2v) is 14.5. The molecule has 0 spiro atoms. The van der Waals surface area contributed by atoms with Crippen molar-refractivity contribution in [2.24, 2.45) is 0 Å². The second kappa shape index (κ2) is 13.6. The van der Waals surface area contributed by atoms with Crippen LogP contribution in [-0.2, 0) is 0 Å². The van der Waals surface area contributed by atoms with Crippen LogP contribution < -0.4 is 4.74 Å². The minimum absolute atomic E-state index is 0.704. The van der Waals surface area contributed by atoms with Crippen molar-refractivity contribution in [2.45, 2.75) is 0 Å². The molecule has 0 unspecified atom stereocenters. The van der Waals surface area contributed by atoms with Crippen LogP contribution >= 0.6 is 0 Å². The number of benzene rings is 9. The second-order valence-electron chi connectivity index (χ2n) is 14.5. The van der Waals surface area contributed by atoms with Gasteiger partial charge in [0.1, 0.15) is 11.5 Å². The van der Waals surface area contributed by atoms with Crippen LogP contribution in [0.15, 0.2) is 206 Å². The molecule has 0 aliphatic carbocycles. The fraction of sp³-hybridized carbons (Fsp3) is 0. The molecule has 1 aliphatic heterocycles. The van der Waals surface area contributed by atoms with E-state index in [0.717, 1.165) is 56.3 Å². The van der Waals surface area contributed by atoms with E-state index < -0.39 is 0 Å². The minimum atomic E-state index is 0.704. The number of rotatable bonds is 6. The summed E-state index contributed by atoms with van der Waals surface area (Å²) >= 11 is 0. The number of nitrogens with zero attached hydrogens (tertiary/aromatic N) is 2. The van der Waals surface area contributed by atoms with Crippen molar-refractivity contribution in [1.82, 2.24) is 9.97 Å². The first-order valence-corrected chi connectivity index (χ1v) is 19.3. The molecular formula is C54H34N2O. The topological polar surface area (TPSA) is 35.0 Å². The van der Waals surface area contributed by atoms with E-state index >= 15 is 0 Å². The fourth-order valence-corrected chi connectivity index (χ4v) is 8.28. The molecule has 2 heterocycles. The molecule has 0 amide bonds. The fourth-order valence-electron chi connectivity index (χ4n) is 8.28. The molecule has 0 saturated heterocycles. The van der Waals surface area contributed by atoms with Gasteiger partial charge in [0.2, 0.25) is 0 Å². The molecule has 1 aromatic heterocycles. The predicted octanol–water partition coefficient (Wildman–Crippen LogP) is 14.6. The van der Waals surface area contributed by atoms with Gasteiger partial charge in [0.05, 0.1) is 11.4 Å². The largest absolute Gasteiger partial charge is 0.456 e. The number of hydrogen-bond acceptors (Lipinski definition) is 3. The maximum atomic E-state index is 6.42. The van der Waals surface area contributed by atoms with Crippen LogP contribution in [0.5, 0.6) is 11.5 Å². The molecule has 1 aliphatic rings. The van der Waals surface area contributed by atoms with Crippen molar-refractivity contribution >= 4 is 21.5 Å². The van der Waals surface area contributed by atoms with Crippen molar-refractivity contribution in [3.05, 3.63) is 206 Å². The summed E-state index contributed by atoms with van der Waals surface area (Å²) in [7, 11) is 0. The average molecular weight is 727 g/mol. The molecule has 0 bridgehead atoms. The number of hydrogen-bond donors (Lipinski definition) is 0. The van der Waals surface area contributed by atoms with E-state index in [2.05, 4.69) is 182 Å². The Morgan fingerprint density at radius 2 is 0.825 bits per heavy atom. The van der Waals surface area contributed by atoms with E-state index in [1.807, 2.05) is 24.3 Å². The third-order valence-corrected chi connectivity index (χ3v) is 11.1. The Bertz CT molecular complexity index is 3110. The van der Waals surface area contributed by atoms with Gasteiger partial charge in [0, 0.05) is 27.6 Å². The zero-order chi connectivity index (χ0) is 37.7. The normalized spacial score (nSPS) is 11.6. The minimum Gasteiger partial charge on any atom is -0.456 e. The van der Waals surface area contributed by atoms with Gasteiger partial charge in [-0.2, -0.15) is 0 Å². The SMILES string of the molecule is c1ccc(-c2ccc(-c3cc(-c4ccc(-c5ccc(-c6ccc7c(c6)-c6cccc8cccc(c68)O7)c6ccccc56)cc4)nc(-c4ccccc4)n3)cc2)cc1. The van der Waals surface area contributed by atoms with E-state index in [1.165, 1.54) is 49.4 Å². The molecule has 11 rings (SSSR count). The van der Waals surface area contributed by atoms with Crippen LogP contribution in [0.2, 0.25) is 0 Å². The Morgan fingerprint density at radius 1 is 0.298 bits per heavy atom. The molecule has 9 aromatic carbocycles. The van der Waals surface area contributed by atoms with E-state index in [1.54, 1.807) is 0 Å². The van der Waals surface area contributed by atoms with Gasteiger partial charge < -0.3 is 4.74 Å². The molecule has 0 radical (unpaired) electrons. The molecule has 3 nitrogen and oxygen atoms in total. The van der Waals surface area contributed by atoms with Gasteiger partial charge in [-0.05, 0) is 79.4 Å². The summed E-state index contributed by atoms with van der Waals surface area (Å²) in [6.07, 6.45) is 0. The van der Waals surface area contributed by atoms with E-state index in [0.29, 0.717) is 5.82 Å². The van der Waals surface area contributed by atoms with E-state index in [9.17, 15) is 0 Å². The molecule has 10 aromatic rings. The zero-order valence-electron chi connectivity index (χ0n) is 30.9. The predicted molar refractivity (Wildman–Crippen MR) is 235 cm³/mol. The molecule has 0 N–H and O–H groups in total. The van der Waals surface area contributed by atoms with Gasteiger partial charge in [0.15, 0.2) is 5.82 Å².